The van der Waals surface area contributed by atoms with Gasteiger partial charge in [-0.2, -0.15) is 0 Å². The van der Waals surface area contributed by atoms with E-state index in [9.17, 15) is 4.79 Å². The third-order valence-electron chi connectivity index (χ3n) is 2.66. The fourth-order valence-electron chi connectivity index (χ4n) is 1.56. The summed E-state index contributed by atoms with van der Waals surface area (Å²) in [7, 11) is 0. The number of aromatic carboxylic acids is 1. The number of hydrogen-bond acceptors (Lipinski definition) is 4. The van der Waals surface area contributed by atoms with Crippen molar-refractivity contribution in [2.75, 3.05) is 5.32 Å². The molecule has 0 radical (unpaired) electrons. The molecule has 0 bridgehead atoms. The van der Waals surface area contributed by atoms with Gasteiger partial charge in [-0.1, -0.05) is 11.6 Å². The first-order valence-corrected chi connectivity index (χ1v) is 5.99. The number of nitrogens with one attached hydrogen (secondary N) is 1. The molecule has 98 valence electrons. The number of pyridine rings is 2. The molecule has 2 aromatic heterocycles. The number of carbonyl (C=O) groups is 1. The SMILES string of the molecule is Cc1ccncc1CNc1ccc(Cl)c(C(=O)O)n1. The van der Waals surface area contributed by atoms with Crippen molar-refractivity contribution in [2.24, 2.45) is 0 Å². The van der Waals surface area contributed by atoms with Gasteiger partial charge in [-0.05, 0) is 36.2 Å². The van der Waals surface area contributed by atoms with E-state index in [0.29, 0.717) is 12.4 Å². The summed E-state index contributed by atoms with van der Waals surface area (Å²) in [5.41, 5.74) is 1.97. The summed E-state index contributed by atoms with van der Waals surface area (Å²) in [6, 6.07) is 5.06. The second-order valence-corrected chi connectivity index (χ2v) is 4.39. The Morgan fingerprint density at radius 2 is 2.21 bits per heavy atom. The summed E-state index contributed by atoms with van der Waals surface area (Å²) in [5.74, 6) is -0.684. The Labute approximate surface area is 115 Å². The zero-order chi connectivity index (χ0) is 13.8. The van der Waals surface area contributed by atoms with Crippen molar-refractivity contribution in [1.82, 2.24) is 9.97 Å². The maximum atomic E-state index is 10.9. The molecule has 0 unspecified atom stereocenters. The van der Waals surface area contributed by atoms with Gasteiger partial charge in [-0.25, -0.2) is 9.78 Å². The van der Waals surface area contributed by atoms with E-state index in [2.05, 4.69) is 15.3 Å². The number of carboxylic acid groups (broad SMARTS) is 1. The van der Waals surface area contributed by atoms with Gasteiger partial charge in [0.15, 0.2) is 5.69 Å². The second-order valence-electron chi connectivity index (χ2n) is 3.99. The standard InChI is InChI=1S/C13H12ClN3O2/c1-8-4-5-15-6-9(8)7-16-11-3-2-10(14)12(17-11)13(18)19/h2-6H,7H2,1H3,(H,16,17)(H,18,19). The zero-order valence-corrected chi connectivity index (χ0v) is 11.0. The highest BCUT2D eigenvalue weighted by molar-refractivity contribution is 6.33. The van der Waals surface area contributed by atoms with Gasteiger partial charge in [0.2, 0.25) is 0 Å². The fourth-order valence-corrected chi connectivity index (χ4v) is 1.74. The summed E-state index contributed by atoms with van der Waals surface area (Å²) >= 11 is 5.75. The van der Waals surface area contributed by atoms with Crippen LogP contribution >= 0.6 is 11.6 Å². The number of aromatic nitrogens is 2. The highest BCUT2D eigenvalue weighted by atomic mass is 35.5. The highest BCUT2D eigenvalue weighted by Crippen LogP contribution is 2.17. The molecule has 0 atom stereocenters. The molecule has 0 spiro atoms. The van der Waals surface area contributed by atoms with Gasteiger partial charge < -0.3 is 10.4 Å². The van der Waals surface area contributed by atoms with E-state index < -0.39 is 5.97 Å². The van der Waals surface area contributed by atoms with Gasteiger partial charge in [0.1, 0.15) is 5.82 Å². The largest absolute Gasteiger partial charge is 0.476 e. The summed E-state index contributed by atoms with van der Waals surface area (Å²) in [4.78, 5) is 18.9. The van der Waals surface area contributed by atoms with Crippen molar-refractivity contribution < 1.29 is 9.90 Å². The van der Waals surface area contributed by atoms with Crippen molar-refractivity contribution >= 4 is 23.4 Å². The first-order chi connectivity index (χ1) is 9.08. The Morgan fingerprint density at radius 3 is 2.89 bits per heavy atom. The van der Waals surface area contributed by atoms with E-state index in [1.165, 1.54) is 6.07 Å². The normalized spacial score (nSPS) is 10.2. The van der Waals surface area contributed by atoms with E-state index in [1.807, 2.05) is 13.0 Å². The Hall–Kier alpha value is -2.14. The van der Waals surface area contributed by atoms with Gasteiger partial charge in [0.25, 0.3) is 0 Å². The number of nitrogens with zero attached hydrogens (tertiary/aromatic N) is 2. The lowest BCUT2D eigenvalue weighted by molar-refractivity contribution is 0.0691. The van der Waals surface area contributed by atoms with E-state index in [4.69, 9.17) is 16.7 Å². The molecule has 0 amide bonds. The molecular weight excluding hydrogens is 266 g/mol. The van der Waals surface area contributed by atoms with E-state index >= 15 is 0 Å². The maximum Gasteiger partial charge on any atom is 0.356 e. The Kier molecular flexibility index (Phi) is 3.97. The van der Waals surface area contributed by atoms with Crippen LogP contribution in [0.5, 0.6) is 0 Å². The van der Waals surface area contributed by atoms with Crippen molar-refractivity contribution in [2.45, 2.75) is 13.5 Å². The number of anilines is 1. The van der Waals surface area contributed by atoms with Crippen LogP contribution in [0.4, 0.5) is 5.82 Å². The number of aryl methyl sites for hydroxylation is 1. The molecule has 0 saturated carbocycles. The third kappa shape index (κ3) is 3.20. The molecular formula is C13H12ClN3O2. The lowest BCUT2D eigenvalue weighted by Gasteiger charge is -2.08. The van der Waals surface area contributed by atoms with Gasteiger partial charge in [-0.15, -0.1) is 0 Å². The predicted molar refractivity (Wildman–Crippen MR) is 72.5 cm³/mol. The van der Waals surface area contributed by atoms with Gasteiger partial charge >= 0.3 is 5.97 Å². The molecule has 2 aromatic rings. The molecule has 5 nitrogen and oxygen atoms in total. The molecule has 0 aliphatic rings. The first kappa shape index (κ1) is 13.3. The Morgan fingerprint density at radius 1 is 1.42 bits per heavy atom. The topological polar surface area (TPSA) is 75.1 Å². The molecule has 0 aliphatic carbocycles. The Balaban J connectivity index is 2.14. The van der Waals surface area contributed by atoms with Gasteiger partial charge in [0.05, 0.1) is 5.02 Å². The Bertz CT molecular complexity index is 617. The lowest BCUT2D eigenvalue weighted by Crippen LogP contribution is -2.07. The molecule has 6 heteroatoms. The minimum Gasteiger partial charge on any atom is -0.476 e. The van der Waals surface area contributed by atoms with Crippen molar-refractivity contribution in [3.63, 3.8) is 0 Å². The summed E-state index contributed by atoms with van der Waals surface area (Å²) in [5, 5.41) is 12.1. The molecule has 19 heavy (non-hydrogen) atoms. The molecule has 2 N–H and O–H groups in total. The van der Waals surface area contributed by atoms with Crippen LogP contribution in [-0.4, -0.2) is 21.0 Å². The lowest BCUT2D eigenvalue weighted by atomic mass is 10.1. The number of halogens is 1. The molecule has 2 heterocycles. The zero-order valence-electron chi connectivity index (χ0n) is 10.2. The van der Waals surface area contributed by atoms with Crippen LogP contribution in [0.25, 0.3) is 0 Å². The molecule has 0 saturated heterocycles. The molecule has 0 aliphatic heterocycles. The summed E-state index contributed by atoms with van der Waals surface area (Å²) in [6.45, 7) is 2.50. The van der Waals surface area contributed by atoms with Crippen molar-refractivity contribution in [1.29, 1.82) is 0 Å². The summed E-state index contributed by atoms with van der Waals surface area (Å²) < 4.78 is 0. The predicted octanol–water partition coefficient (Wildman–Crippen LogP) is 2.75. The molecule has 0 aromatic carbocycles. The molecule has 0 fully saturated rings. The van der Waals surface area contributed by atoms with Crippen molar-refractivity contribution in [3.8, 4) is 0 Å². The second kappa shape index (κ2) is 5.67. The van der Waals surface area contributed by atoms with Crippen LogP contribution < -0.4 is 5.32 Å². The van der Waals surface area contributed by atoms with Crippen LogP contribution in [0.3, 0.4) is 0 Å². The van der Waals surface area contributed by atoms with E-state index in [1.54, 1.807) is 18.5 Å². The smallest absolute Gasteiger partial charge is 0.356 e. The van der Waals surface area contributed by atoms with E-state index in [0.717, 1.165) is 11.1 Å². The number of rotatable bonds is 4. The average molecular weight is 278 g/mol. The quantitative estimate of drug-likeness (QED) is 0.899. The third-order valence-corrected chi connectivity index (χ3v) is 2.96. The monoisotopic (exact) mass is 277 g/mol. The van der Waals surface area contributed by atoms with Crippen LogP contribution in [0.1, 0.15) is 21.6 Å². The number of hydrogen-bond donors (Lipinski definition) is 2. The average Bonchev–Trinajstić information content (AvgIpc) is 2.39. The highest BCUT2D eigenvalue weighted by Gasteiger charge is 2.11. The maximum absolute atomic E-state index is 10.9. The van der Waals surface area contributed by atoms with Gasteiger partial charge in [-0.3, -0.25) is 4.98 Å². The number of carboxylic acids is 1. The minimum atomic E-state index is -1.15. The van der Waals surface area contributed by atoms with Crippen LogP contribution in [0.15, 0.2) is 30.6 Å². The van der Waals surface area contributed by atoms with Crippen LogP contribution in [0, 0.1) is 6.92 Å². The molecule has 2 rings (SSSR count). The summed E-state index contributed by atoms with van der Waals surface area (Å²) in [6.07, 6.45) is 3.48. The first-order valence-electron chi connectivity index (χ1n) is 5.61. The van der Waals surface area contributed by atoms with Crippen LogP contribution in [-0.2, 0) is 6.54 Å². The van der Waals surface area contributed by atoms with E-state index in [-0.39, 0.29) is 10.7 Å². The van der Waals surface area contributed by atoms with Crippen molar-refractivity contribution in [3.05, 3.63) is 52.4 Å². The fraction of sp³-hybridized carbons (Fsp3) is 0.154. The minimum absolute atomic E-state index is 0.121. The van der Waals surface area contributed by atoms with Crippen LogP contribution in [0.2, 0.25) is 5.02 Å². The van der Waals surface area contributed by atoms with Gasteiger partial charge in [0, 0.05) is 18.9 Å².